The van der Waals surface area contributed by atoms with Crippen molar-refractivity contribution < 1.29 is 9.90 Å². The van der Waals surface area contributed by atoms with Gasteiger partial charge in [-0.3, -0.25) is 4.79 Å². The van der Waals surface area contributed by atoms with Gasteiger partial charge in [-0.05, 0) is 38.0 Å². The standard InChI is InChI=1S/C12H21NO2/c14-9-6-10-4-7-13(8-5-10)12(15)11-2-1-3-11/h10-11,14H,1-9H2. The number of rotatable bonds is 3. The van der Waals surface area contributed by atoms with Crippen LogP contribution >= 0.6 is 0 Å². The van der Waals surface area contributed by atoms with Gasteiger partial charge in [-0.15, -0.1) is 0 Å². The summed E-state index contributed by atoms with van der Waals surface area (Å²) in [6.45, 7) is 2.13. The van der Waals surface area contributed by atoms with E-state index in [2.05, 4.69) is 0 Å². The Labute approximate surface area is 91.5 Å². The molecule has 1 saturated carbocycles. The first-order valence-electron chi connectivity index (χ1n) is 6.21. The molecule has 0 aromatic rings. The van der Waals surface area contributed by atoms with Crippen LogP contribution < -0.4 is 0 Å². The van der Waals surface area contributed by atoms with E-state index >= 15 is 0 Å². The predicted molar refractivity (Wildman–Crippen MR) is 58.3 cm³/mol. The lowest BCUT2D eigenvalue weighted by molar-refractivity contribution is -0.139. The molecule has 86 valence electrons. The number of hydrogen-bond acceptors (Lipinski definition) is 2. The van der Waals surface area contributed by atoms with E-state index in [-0.39, 0.29) is 0 Å². The monoisotopic (exact) mass is 211 g/mol. The molecular weight excluding hydrogens is 190 g/mol. The van der Waals surface area contributed by atoms with Gasteiger partial charge in [0.2, 0.25) is 5.91 Å². The number of amides is 1. The molecule has 1 saturated heterocycles. The molecule has 2 rings (SSSR count). The Morgan fingerprint density at radius 2 is 1.87 bits per heavy atom. The minimum Gasteiger partial charge on any atom is -0.396 e. The van der Waals surface area contributed by atoms with Crippen LogP contribution in [0.4, 0.5) is 0 Å². The summed E-state index contributed by atoms with van der Waals surface area (Å²) in [7, 11) is 0. The molecule has 1 heterocycles. The average Bonchev–Trinajstić information content (AvgIpc) is 2.16. The number of nitrogens with zero attached hydrogens (tertiary/aromatic N) is 1. The van der Waals surface area contributed by atoms with Gasteiger partial charge in [0.15, 0.2) is 0 Å². The highest BCUT2D eigenvalue weighted by Crippen LogP contribution is 2.30. The molecule has 0 unspecified atom stereocenters. The third kappa shape index (κ3) is 2.51. The van der Waals surface area contributed by atoms with Gasteiger partial charge in [-0.25, -0.2) is 0 Å². The number of hydrogen-bond donors (Lipinski definition) is 1. The molecule has 0 spiro atoms. The first-order valence-corrected chi connectivity index (χ1v) is 6.21. The van der Waals surface area contributed by atoms with Crippen molar-refractivity contribution in [3.8, 4) is 0 Å². The topological polar surface area (TPSA) is 40.5 Å². The van der Waals surface area contributed by atoms with Crippen LogP contribution in [-0.4, -0.2) is 35.6 Å². The Bertz CT molecular complexity index is 218. The highest BCUT2D eigenvalue weighted by molar-refractivity contribution is 5.79. The van der Waals surface area contributed by atoms with Crippen LogP contribution in [-0.2, 0) is 4.79 Å². The maximum Gasteiger partial charge on any atom is 0.225 e. The second kappa shape index (κ2) is 4.97. The largest absolute Gasteiger partial charge is 0.396 e. The van der Waals surface area contributed by atoms with Gasteiger partial charge >= 0.3 is 0 Å². The third-order valence-electron chi connectivity index (χ3n) is 3.92. The number of carbonyl (C=O) groups excluding carboxylic acids is 1. The number of aliphatic hydroxyl groups is 1. The second-order valence-corrected chi connectivity index (χ2v) is 4.91. The molecule has 0 aromatic heterocycles. The quantitative estimate of drug-likeness (QED) is 0.766. The fraction of sp³-hybridized carbons (Fsp3) is 0.917. The smallest absolute Gasteiger partial charge is 0.225 e. The zero-order valence-corrected chi connectivity index (χ0v) is 9.32. The van der Waals surface area contributed by atoms with E-state index in [0.717, 1.165) is 45.2 Å². The van der Waals surface area contributed by atoms with Crippen molar-refractivity contribution in [2.24, 2.45) is 11.8 Å². The van der Waals surface area contributed by atoms with Crippen LogP contribution in [0, 0.1) is 11.8 Å². The van der Waals surface area contributed by atoms with Gasteiger partial charge in [-0.1, -0.05) is 6.42 Å². The zero-order valence-electron chi connectivity index (χ0n) is 9.32. The second-order valence-electron chi connectivity index (χ2n) is 4.91. The van der Waals surface area contributed by atoms with Gasteiger partial charge in [-0.2, -0.15) is 0 Å². The SMILES string of the molecule is O=C(C1CCC1)N1CCC(CCO)CC1. The predicted octanol–water partition coefficient (Wildman–Crippen LogP) is 1.41. The van der Waals surface area contributed by atoms with Crippen molar-refractivity contribution in [2.45, 2.75) is 38.5 Å². The van der Waals surface area contributed by atoms with E-state index in [4.69, 9.17) is 5.11 Å². The minimum absolute atomic E-state index is 0.293. The van der Waals surface area contributed by atoms with Gasteiger partial charge < -0.3 is 10.0 Å². The lowest BCUT2D eigenvalue weighted by atomic mass is 9.83. The van der Waals surface area contributed by atoms with E-state index in [9.17, 15) is 4.79 Å². The Kier molecular flexibility index (Phi) is 3.62. The minimum atomic E-state index is 0.293. The maximum absolute atomic E-state index is 11.9. The van der Waals surface area contributed by atoms with Gasteiger partial charge in [0, 0.05) is 25.6 Å². The van der Waals surface area contributed by atoms with Crippen LogP contribution in [0.1, 0.15) is 38.5 Å². The molecule has 3 heteroatoms. The molecule has 0 radical (unpaired) electrons. The summed E-state index contributed by atoms with van der Waals surface area (Å²) in [6.07, 6.45) is 6.52. The van der Waals surface area contributed by atoms with Gasteiger partial charge in [0.1, 0.15) is 0 Å². The van der Waals surface area contributed by atoms with E-state index in [1.165, 1.54) is 6.42 Å². The fourth-order valence-electron chi connectivity index (χ4n) is 2.54. The van der Waals surface area contributed by atoms with Gasteiger partial charge in [0.05, 0.1) is 0 Å². The van der Waals surface area contributed by atoms with Crippen LogP contribution in [0.25, 0.3) is 0 Å². The molecule has 15 heavy (non-hydrogen) atoms. The molecule has 2 fully saturated rings. The van der Waals surface area contributed by atoms with Crippen LogP contribution in [0.3, 0.4) is 0 Å². The van der Waals surface area contributed by atoms with Crippen LogP contribution in [0.5, 0.6) is 0 Å². The first-order chi connectivity index (χ1) is 7.31. The molecule has 1 aliphatic carbocycles. The molecule has 1 amide bonds. The van der Waals surface area contributed by atoms with Crippen molar-refractivity contribution >= 4 is 5.91 Å². The maximum atomic E-state index is 11.9. The van der Waals surface area contributed by atoms with E-state index in [1.807, 2.05) is 4.90 Å². The summed E-state index contributed by atoms with van der Waals surface area (Å²) >= 11 is 0. The molecule has 0 bridgehead atoms. The number of likely N-dealkylation sites (tertiary alicyclic amines) is 1. The molecule has 1 aliphatic heterocycles. The summed E-state index contributed by atoms with van der Waals surface area (Å²) in [6, 6.07) is 0. The first kappa shape index (κ1) is 10.9. The highest BCUT2D eigenvalue weighted by atomic mass is 16.3. The molecule has 2 aliphatic rings. The number of carbonyl (C=O) groups is 1. The summed E-state index contributed by atoms with van der Waals surface area (Å²) in [5.74, 6) is 1.38. The van der Waals surface area contributed by atoms with Crippen LogP contribution in [0.15, 0.2) is 0 Å². The Morgan fingerprint density at radius 1 is 1.20 bits per heavy atom. The van der Waals surface area contributed by atoms with E-state index in [1.54, 1.807) is 0 Å². The van der Waals surface area contributed by atoms with E-state index < -0.39 is 0 Å². The zero-order chi connectivity index (χ0) is 10.7. The summed E-state index contributed by atoms with van der Waals surface area (Å²) in [5, 5.41) is 8.85. The highest BCUT2D eigenvalue weighted by Gasteiger charge is 2.31. The normalized spacial score (nSPS) is 23.9. The molecule has 3 nitrogen and oxygen atoms in total. The Morgan fingerprint density at radius 3 is 2.33 bits per heavy atom. The average molecular weight is 211 g/mol. The summed E-state index contributed by atoms with van der Waals surface area (Å²) in [5.41, 5.74) is 0. The van der Waals surface area contributed by atoms with Crippen LogP contribution in [0.2, 0.25) is 0 Å². The summed E-state index contributed by atoms with van der Waals surface area (Å²) < 4.78 is 0. The molecule has 1 N–H and O–H groups in total. The molecule has 0 atom stereocenters. The Hall–Kier alpha value is -0.570. The fourth-order valence-corrected chi connectivity index (χ4v) is 2.54. The van der Waals surface area contributed by atoms with Crippen molar-refractivity contribution in [3.05, 3.63) is 0 Å². The van der Waals surface area contributed by atoms with Crippen molar-refractivity contribution in [1.82, 2.24) is 4.90 Å². The number of aliphatic hydroxyl groups excluding tert-OH is 1. The van der Waals surface area contributed by atoms with Crippen molar-refractivity contribution in [3.63, 3.8) is 0 Å². The van der Waals surface area contributed by atoms with Gasteiger partial charge in [0.25, 0.3) is 0 Å². The lowest BCUT2D eigenvalue weighted by Crippen LogP contribution is -2.43. The van der Waals surface area contributed by atoms with E-state index in [0.29, 0.717) is 24.3 Å². The lowest BCUT2D eigenvalue weighted by Gasteiger charge is -2.36. The molecular formula is C12H21NO2. The number of piperidine rings is 1. The molecule has 0 aromatic carbocycles. The third-order valence-corrected chi connectivity index (χ3v) is 3.92. The Balaban J connectivity index is 1.74. The summed E-state index contributed by atoms with van der Waals surface area (Å²) in [4.78, 5) is 14.0. The van der Waals surface area contributed by atoms with Crippen molar-refractivity contribution in [1.29, 1.82) is 0 Å². The van der Waals surface area contributed by atoms with Crippen molar-refractivity contribution in [2.75, 3.05) is 19.7 Å².